The maximum absolute atomic E-state index is 5.84. The molecule has 23 heavy (non-hydrogen) atoms. The fourth-order valence-electron chi connectivity index (χ4n) is 2.09. The standard InChI is InChI=1S/C17H26ClN3O2/c1-19-17(21(2)10-12-22-13-14-3-4-14)20-9-11-23-16-7-5-15(18)6-8-16/h5-8,14H,3-4,9-13H2,1-2H3,(H,19,20). The molecule has 1 aliphatic carbocycles. The minimum absolute atomic E-state index is 0.562. The molecule has 0 atom stereocenters. The first-order chi connectivity index (χ1) is 11.2. The number of likely N-dealkylation sites (N-methyl/N-ethyl adjacent to an activating group) is 1. The average molecular weight is 340 g/mol. The third-order valence-corrected chi connectivity index (χ3v) is 3.91. The Labute approximate surface area is 143 Å². The van der Waals surface area contributed by atoms with Crippen molar-refractivity contribution in [1.82, 2.24) is 10.2 Å². The number of aliphatic imine (C=N–C) groups is 1. The van der Waals surface area contributed by atoms with Crippen molar-refractivity contribution >= 4 is 17.6 Å². The van der Waals surface area contributed by atoms with Crippen LogP contribution in [0.15, 0.2) is 29.3 Å². The molecule has 0 bridgehead atoms. The third-order valence-electron chi connectivity index (χ3n) is 3.66. The largest absolute Gasteiger partial charge is 0.492 e. The first kappa shape index (κ1) is 17.9. The molecule has 1 fully saturated rings. The number of rotatable bonds is 9. The second-order valence-electron chi connectivity index (χ2n) is 5.72. The predicted octanol–water partition coefficient (Wildman–Crippen LogP) is 2.65. The van der Waals surface area contributed by atoms with Gasteiger partial charge in [-0.1, -0.05) is 11.6 Å². The van der Waals surface area contributed by atoms with Gasteiger partial charge in [0.05, 0.1) is 13.2 Å². The summed E-state index contributed by atoms with van der Waals surface area (Å²) in [6.07, 6.45) is 2.65. The van der Waals surface area contributed by atoms with Crippen LogP contribution in [0, 0.1) is 5.92 Å². The van der Waals surface area contributed by atoms with Crippen molar-refractivity contribution < 1.29 is 9.47 Å². The quantitative estimate of drug-likeness (QED) is 0.427. The molecule has 0 heterocycles. The Morgan fingerprint density at radius 3 is 2.70 bits per heavy atom. The molecular weight excluding hydrogens is 314 g/mol. The van der Waals surface area contributed by atoms with Gasteiger partial charge in [-0.2, -0.15) is 0 Å². The van der Waals surface area contributed by atoms with E-state index in [1.807, 2.05) is 31.3 Å². The molecular formula is C17H26ClN3O2. The van der Waals surface area contributed by atoms with Crippen LogP contribution in [-0.2, 0) is 4.74 Å². The van der Waals surface area contributed by atoms with Crippen molar-refractivity contribution in [3.05, 3.63) is 29.3 Å². The van der Waals surface area contributed by atoms with Crippen LogP contribution in [0.5, 0.6) is 5.75 Å². The maximum atomic E-state index is 5.84. The highest BCUT2D eigenvalue weighted by Gasteiger charge is 2.21. The van der Waals surface area contributed by atoms with Crippen LogP contribution < -0.4 is 10.1 Å². The number of halogens is 1. The van der Waals surface area contributed by atoms with E-state index in [1.165, 1.54) is 12.8 Å². The fraction of sp³-hybridized carbons (Fsp3) is 0.588. The molecule has 1 saturated carbocycles. The number of guanidine groups is 1. The molecule has 0 spiro atoms. The Balaban J connectivity index is 1.58. The van der Waals surface area contributed by atoms with E-state index in [4.69, 9.17) is 21.1 Å². The summed E-state index contributed by atoms with van der Waals surface area (Å²) < 4.78 is 11.3. The van der Waals surface area contributed by atoms with E-state index in [0.717, 1.165) is 37.4 Å². The topological polar surface area (TPSA) is 46.1 Å². The molecule has 1 N–H and O–H groups in total. The van der Waals surface area contributed by atoms with Crippen LogP contribution in [0.2, 0.25) is 5.02 Å². The van der Waals surface area contributed by atoms with Crippen LogP contribution in [-0.4, -0.2) is 57.9 Å². The Hall–Kier alpha value is -1.46. The summed E-state index contributed by atoms with van der Waals surface area (Å²) in [6, 6.07) is 7.36. The van der Waals surface area contributed by atoms with Crippen LogP contribution in [0.3, 0.4) is 0 Å². The molecule has 0 radical (unpaired) electrons. The van der Waals surface area contributed by atoms with Gasteiger partial charge in [-0.15, -0.1) is 0 Å². The highest BCUT2D eigenvalue weighted by molar-refractivity contribution is 6.30. The maximum Gasteiger partial charge on any atom is 0.193 e. The lowest BCUT2D eigenvalue weighted by molar-refractivity contribution is 0.115. The molecule has 0 amide bonds. The van der Waals surface area contributed by atoms with Crippen molar-refractivity contribution in [3.63, 3.8) is 0 Å². The summed E-state index contributed by atoms with van der Waals surface area (Å²) in [5.41, 5.74) is 0. The van der Waals surface area contributed by atoms with Gasteiger partial charge in [-0.3, -0.25) is 4.99 Å². The smallest absolute Gasteiger partial charge is 0.193 e. The van der Waals surface area contributed by atoms with Gasteiger partial charge in [-0.25, -0.2) is 0 Å². The highest BCUT2D eigenvalue weighted by Crippen LogP contribution is 2.28. The van der Waals surface area contributed by atoms with Gasteiger partial charge in [0.2, 0.25) is 0 Å². The number of hydrogen-bond donors (Lipinski definition) is 1. The Morgan fingerprint density at radius 2 is 2.04 bits per heavy atom. The van der Waals surface area contributed by atoms with Crippen molar-refractivity contribution in [3.8, 4) is 5.75 Å². The lowest BCUT2D eigenvalue weighted by atomic mass is 10.3. The molecule has 6 heteroatoms. The van der Waals surface area contributed by atoms with Crippen LogP contribution in [0.4, 0.5) is 0 Å². The molecule has 0 aromatic heterocycles. The summed E-state index contributed by atoms with van der Waals surface area (Å²) >= 11 is 5.84. The number of benzene rings is 1. The van der Waals surface area contributed by atoms with Gasteiger partial charge < -0.3 is 19.7 Å². The molecule has 1 aromatic carbocycles. The fourth-order valence-corrected chi connectivity index (χ4v) is 2.22. The molecule has 2 rings (SSSR count). The van der Waals surface area contributed by atoms with Crippen molar-refractivity contribution in [2.75, 3.05) is 47.0 Å². The lowest BCUT2D eigenvalue weighted by Crippen LogP contribution is -2.42. The normalized spacial score (nSPS) is 14.7. The summed E-state index contributed by atoms with van der Waals surface area (Å²) in [4.78, 5) is 6.34. The van der Waals surface area contributed by atoms with E-state index < -0.39 is 0 Å². The van der Waals surface area contributed by atoms with Crippen LogP contribution >= 0.6 is 11.6 Å². The number of hydrogen-bond acceptors (Lipinski definition) is 3. The summed E-state index contributed by atoms with van der Waals surface area (Å²) in [5.74, 6) is 2.47. The minimum Gasteiger partial charge on any atom is -0.492 e. The summed E-state index contributed by atoms with van der Waals surface area (Å²) in [6.45, 7) is 3.70. The average Bonchev–Trinajstić information content (AvgIpc) is 3.37. The van der Waals surface area contributed by atoms with Gasteiger partial charge in [0.15, 0.2) is 5.96 Å². The van der Waals surface area contributed by atoms with E-state index in [-0.39, 0.29) is 0 Å². The number of nitrogens with zero attached hydrogens (tertiary/aromatic N) is 2. The molecule has 0 unspecified atom stereocenters. The van der Waals surface area contributed by atoms with Gasteiger partial charge in [0.25, 0.3) is 0 Å². The van der Waals surface area contributed by atoms with Gasteiger partial charge in [0.1, 0.15) is 12.4 Å². The highest BCUT2D eigenvalue weighted by atomic mass is 35.5. The zero-order valence-corrected chi connectivity index (χ0v) is 14.7. The zero-order chi connectivity index (χ0) is 16.5. The van der Waals surface area contributed by atoms with E-state index >= 15 is 0 Å². The molecule has 128 valence electrons. The molecule has 1 aliphatic rings. The Kier molecular flexibility index (Phi) is 7.49. The summed E-state index contributed by atoms with van der Waals surface area (Å²) in [7, 11) is 3.79. The zero-order valence-electron chi connectivity index (χ0n) is 13.9. The molecule has 5 nitrogen and oxygen atoms in total. The lowest BCUT2D eigenvalue weighted by Gasteiger charge is -2.22. The van der Waals surface area contributed by atoms with Crippen LogP contribution in [0.1, 0.15) is 12.8 Å². The summed E-state index contributed by atoms with van der Waals surface area (Å²) in [5, 5.41) is 3.99. The minimum atomic E-state index is 0.562. The molecule has 0 aliphatic heterocycles. The van der Waals surface area contributed by atoms with Crippen molar-refractivity contribution in [2.45, 2.75) is 12.8 Å². The van der Waals surface area contributed by atoms with Gasteiger partial charge in [-0.05, 0) is 43.0 Å². The monoisotopic (exact) mass is 339 g/mol. The Bertz CT molecular complexity index is 489. The van der Waals surface area contributed by atoms with Crippen LogP contribution in [0.25, 0.3) is 0 Å². The van der Waals surface area contributed by atoms with Crippen molar-refractivity contribution in [1.29, 1.82) is 0 Å². The molecule has 0 saturated heterocycles. The van der Waals surface area contributed by atoms with E-state index in [2.05, 4.69) is 15.2 Å². The second-order valence-corrected chi connectivity index (χ2v) is 6.15. The first-order valence-corrected chi connectivity index (χ1v) is 8.44. The Morgan fingerprint density at radius 1 is 1.30 bits per heavy atom. The van der Waals surface area contributed by atoms with E-state index in [0.29, 0.717) is 18.2 Å². The third kappa shape index (κ3) is 7.10. The van der Waals surface area contributed by atoms with E-state index in [1.54, 1.807) is 7.05 Å². The number of nitrogens with one attached hydrogen (secondary N) is 1. The SMILES string of the molecule is CN=C(NCCOc1ccc(Cl)cc1)N(C)CCOCC1CC1. The number of ether oxygens (including phenoxy) is 2. The predicted molar refractivity (Wildman–Crippen MR) is 94.5 cm³/mol. The van der Waals surface area contributed by atoms with Crippen molar-refractivity contribution in [2.24, 2.45) is 10.9 Å². The van der Waals surface area contributed by atoms with Gasteiger partial charge in [0, 0.05) is 32.3 Å². The van der Waals surface area contributed by atoms with E-state index in [9.17, 15) is 0 Å². The second kappa shape index (κ2) is 9.63. The molecule has 1 aromatic rings. The van der Waals surface area contributed by atoms with Gasteiger partial charge >= 0.3 is 0 Å². The first-order valence-electron chi connectivity index (χ1n) is 8.07.